The summed E-state index contributed by atoms with van der Waals surface area (Å²) in [5, 5.41) is 2.97. The Morgan fingerprint density at radius 2 is 2.08 bits per heavy atom. The molecule has 1 unspecified atom stereocenters. The van der Waals surface area contributed by atoms with E-state index >= 15 is 0 Å². The van der Waals surface area contributed by atoms with Gasteiger partial charge in [0.05, 0.1) is 29.8 Å². The molecule has 0 radical (unpaired) electrons. The molecule has 0 aliphatic carbocycles. The number of carbonyl (C=O) groups is 1. The van der Waals surface area contributed by atoms with E-state index in [9.17, 15) is 9.18 Å². The van der Waals surface area contributed by atoms with E-state index in [1.165, 1.54) is 12.1 Å². The second-order valence-corrected chi connectivity index (χ2v) is 6.35. The second kappa shape index (κ2) is 7.99. The van der Waals surface area contributed by atoms with E-state index in [2.05, 4.69) is 10.2 Å². The number of aryl methyl sites for hydroxylation is 1. The molecule has 25 heavy (non-hydrogen) atoms. The first-order valence-electron chi connectivity index (χ1n) is 8.16. The van der Waals surface area contributed by atoms with Crippen molar-refractivity contribution < 1.29 is 18.3 Å². The number of halogens is 2. The molecule has 0 saturated carbocycles. The Bertz CT molecular complexity index is 744. The predicted octanol–water partition coefficient (Wildman–Crippen LogP) is 3.18. The fourth-order valence-electron chi connectivity index (χ4n) is 2.89. The standard InChI is InChI=1S/C18H20ClFN2O3/c1-12-2-5-17(25-12)16(22-6-8-24-9-7-22)11-21-18(23)14-4-3-13(20)10-15(14)19/h2-5,10,16H,6-9,11H2,1H3,(H,21,23). The lowest BCUT2D eigenvalue weighted by Gasteiger charge is -2.33. The topological polar surface area (TPSA) is 54.7 Å². The van der Waals surface area contributed by atoms with Crippen LogP contribution in [-0.2, 0) is 4.74 Å². The summed E-state index contributed by atoms with van der Waals surface area (Å²) < 4.78 is 24.3. The number of hydrogen-bond donors (Lipinski definition) is 1. The fourth-order valence-corrected chi connectivity index (χ4v) is 3.14. The molecular formula is C18H20ClFN2O3. The smallest absolute Gasteiger partial charge is 0.252 e. The van der Waals surface area contributed by atoms with Crippen LogP contribution in [0.1, 0.15) is 27.9 Å². The van der Waals surface area contributed by atoms with Gasteiger partial charge in [-0.25, -0.2) is 4.39 Å². The molecule has 1 aromatic heterocycles. The highest BCUT2D eigenvalue weighted by Gasteiger charge is 2.26. The van der Waals surface area contributed by atoms with E-state index in [4.69, 9.17) is 20.8 Å². The van der Waals surface area contributed by atoms with E-state index in [1.807, 2.05) is 19.1 Å². The molecule has 2 aromatic rings. The molecule has 1 aliphatic heterocycles. The third-order valence-corrected chi connectivity index (χ3v) is 4.52. The minimum absolute atomic E-state index is 0.0919. The molecule has 1 fully saturated rings. The number of benzene rings is 1. The maximum atomic E-state index is 13.1. The van der Waals surface area contributed by atoms with Crippen molar-refractivity contribution in [2.45, 2.75) is 13.0 Å². The minimum Gasteiger partial charge on any atom is -0.465 e. The first kappa shape index (κ1) is 17.9. The number of rotatable bonds is 5. The molecule has 3 rings (SSSR count). The van der Waals surface area contributed by atoms with Gasteiger partial charge in [-0.05, 0) is 37.3 Å². The monoisotopic (exact) mass is 366 g/mol. The number of hydrogen-bond acceptors (Lipinski definition) is 4. The van der Waals surface area contributed by atoms with Gasteiger partial charge in [-0.1, -0.05) is 11.6 Å². The minimum atomic E-state index is -0.473. The first-order valence-corrected chi connectivity index (χ1v) is 8.54. The third kappa shape index (κ3) is 4.39. The van der Waals surface area contributed by atoms with Gasteiger partial charge in [-0.3, -0.25) is 9.69 Å². The highest BCUT2D eigenvalue weighted by atomic mass is 35.5. The molecule has 5 nitrogen and oxygen atoms in total. The summed E-state index contributed by atoms with van der Waals surface area (Å²) in [6.45, 7) is 5.06. The number of nitrogens with zero attached hydrogens (tertiary/aromatic N) is 1. The Hall–Kier alpha value is -1.89. The first-order chi connectivity index (χ1) is 12.0. The summed E-state index contributed by atoms with van der Waals surface area (Å²) in [7, 11) is 0. The molecular weight excluding hydrogens is 347 g/mol. The van der Waals surface area contributed by atoms with Crippen LogP contribution in [-0.4, -0.2) is 43.7 Å². The molecule has 0 bridgehead atoms. The maximum Gasteiger partial charge on any atom is 0.252 e. The van der Waals surface area contributed by atoms with Crippen LogP contribution >= 0.6 is 11.6 Å². The van der Waals surface area contributed by atoms with Gasteiger partial charge in [0.1, 0.15) is 17.3 Å². The molecule has 2 heterocycles. The highest BCUT2D eigenvalue weighted by Crippen LogP contribution is 2.24. The average molecular weight is 367 g/mol. The lowest BCUT2D eigenvalue weighted by atomic mass is 10.1. The van der Waals surface area contributed by atoms with Crippen LogP contribution in [0.25, 0.3) is 0 Å². The Kier molecular flexibility index (Phi) is 5.73. The summed E-state index contributed by atoms with van der Waals surface area (Å²) >= 11 is 5.96. The number of morpholine rings is 1. The number of carbonyl (C=O) groups excluding carboxylic acids is 1. The van der Waals surface area contributed by atoms with Gasteiger partial charge in [0.15, 0.2) is 0 Å². The van der Waals surface area contributed by atoms with Gasteiger partial charge in [-0.15, -0.1) is 0 Å². The van der Waals surface area contributed by atoms with Crippen molar-refractivity contribution in [2.75, 3.05) is 32.8 Å². The van der Waals surface area contributed by atoms with Crippen LogP contribution < -0.4 is 5.32 Å². The Morgan fingerprint density at radius 3 is 2.72 bits per heavy atom. The zero-order chi connectivity index (χ0) is 17.8. The third-order valence-electron chi connectivity index (χ3n) is 4.21. The molecule has 1 atom stereocenters. The number of furan rings is 1. The summed E-state index contributed by atoms with van der Waals surface area (Å²) in [5.41, 5.74) is 0.249. The molecule has 7 heteroatoms. The van der Waals surface area contributed by atoms with Gasteiger partial charge >= 0.3 is 0 Å². The van der Waals surface area contributed by atoms with Crippen LogP contribution in [0.3, 0.4) is 0 Å². The quantitative estimate of drug-likeness (QED) is 0.883. The van der Waals surface area contributed by atoms with E-state index in [-0.39, 0.29) is 22.5 Å². The molecule has 1 aromatic carbocycles. The SMILES string of the molecule is Cc1ccc(C(CNC(=O)c2ccc(F)cc2Cl)N2CCOCC2)o1. The van der Waals surface area contributed by atoms with Crippen molar-refractivity contribution in [2.24, 2.45) is 0 Å². The molecule has 134 valence electrons. The fraction of sp³-hybridized carbons (Fsp3) is 0.389. The van der Waals surface area contributed by atoms with Crippen molar-refractivity contribution in [1.29, 1.82) is 0 Å². The zero-order valence-corrected chi connectivity index (χ0v) is 14.7. The summed E-state index contributed by atoms with van der Waals surface area (Å²) in [6, 6.07) is 7.46. The van der Waals surface area contributed by atoms with Gasteiger partial charge < -0.3 is 14.5 Å². The van der Waals surface area contributed by atoms with Crippen LogP contribution in [0, 0.1) is 12.7 Å². The molecule has 1 saturated heterocycles. The van der Waals surface area contributed by atoms with Crippen molar-refractivity contribution in [3.8, 4) is 0 Å². The Labute approximate surface area is 150 Å². The van der Waals surface area contributed by atoms with Crippen molar-refractivity contribution in [1.82, 2.24) is 10.2 Å². The lowest BCUT2D eigenvalue weighted by Crippen LogP contribution is -2.43. The highest BCUT2D eigenvalue weighted by molar-refractivity contribution is 6.33. The van der Waals surface area contributed by atoms with Gasteiger partial charge in [0.25, 0.3) is 5.91 Å². The van der Waals surface area contributed by atoms with Crippen molar-refractivity contribution in [3.63, 3.8) is 0 Å². The van der Waals surface area contributed by atoms with E-state index < -0.39 is 5.82 Å². The van der Waals surface area contributed by atoms with E-state index in [0.29, 0.717) is 19.8 Å². The van der Waals surface area contributed by atoms with Crippen molar-refractivity contribution in [3.05, 3.63) is 58.3 Å². The van der Waals surface area contributed by atoms with Crippen molar-refractivity contribution >= 4 is 17.5 Å². The van der Waals surface area contributed by atoms with E-state index in [1.54, 1.807) is 0 Å². The second-order valence-electron chi connectivity index (χ2n) is 5.95. The number of amides is 1. The molecule has 1 amide bonds. The van der Waals surface area contributed by atoms with Crippen LogP contribution in [0.5, 0.6) is 0 Å². The molecule has 1 aliphatic rings. The largest absolute Gasteiger partial charge is 0.465 e. The maximum absolute atomic E-state index is 13.1. The van der Waals surface area contributed by atoms with E-state index in [0.717, 1.165) is 30.7 Å². The van der Waals surface area contributed by atoms with Crippen LogP contribution in [0.4, 0.5) is 4.39 Å². The van der Waals surface area contributed by atoms with Gasteiger partial charge in [0, 0.05) is 19.6 Å². The Balaban J connectivity index is 1.72. The number of ether oxygens (including phenoxy) is 1. The lowest BCUT2D eigenvalue weighted by molar-refractivity contribution is 0.0117. The number of nitrogens with one attached hydrogen (secondary N) is 1. The molecule has 0 spiro atoms. The van der Waals surface area contributed by atoms with Gasteiger partial charge in [0.2, 0.25) is 0 Å². The van der Waals surface area contributed by atoms with Gasteiger partial charge in [-0.2, -0.15) is 0 Å². The zero-order valence-electron chi connectivity index (χ0n) is 13.9. The summed E-state index contributed by atoms with van der Waals surface area (Å²) in [5.74, 6) is 0.802. The predicted molar refractivity (Wildman–Crippen MR) is 92.3 cm³/mol. The van der Waals surface area contributed by atoms with Crippen LogP contribution in [0.15, 0.2) is 34.7 Å². The van der Waals surface area contributed by atoms with Crippen LogP contribution in [0.2, 0.25) is 5.02 Å². The summed E-state index contributed by atoms with van der Waals surface area (Å²) in [4.78, 5) is 14.6. The Morgan fingerprint density at radius 1 is 1.32 bits per heavy atom. The summed E-state index contributed by atoms with van der Waals surface area (Å²) in [6.07, 6.45) is 0. The molecule has 1 N–H and O–H groups in total. The average Bonchev–Trinajstić information content (AvgIpc) is 3.02. The normalized spacial score (nSPS) is 16.6.